The predicted octanol–water partition coefficient (Wildman–Crippen LogP) is 2.81. The van der Waals surface area contributed by atoms with E-state index in [1.807, 2.05) is 66.7 Å². The number of carbonyl (C=O) groups excluding carboxylic acids is 3. The largest absolute Gasteiger partial charge is 0.454 e. The summed E-state index contributed by atoms with van der Waals surface area (Å²) in [5.41, 5.74) is 1.50. The minimum Gasteiger partial charge on any atom is -0.454 e. The number of imide groups is 1. The molecule has 2 heterocycles. The van der Waals surface area contributed by atoms with Gasteiger partial charge in [-0.25, -0.2) is 4.79 Å². The maximum Gasteiger partial charge on any atom is 0.325 e. The lowest BCUT2D eigenvalue weighted by Gasteiger charge is -2.27. The van der Waals surface area contributed by atoms with Crippen molar-refractivity contribution < 1.29 is 23.9 Å². The fourth-order valence-corrected chi connectivity index (χ4v) is 4.46. The van der Waals surface area contributed by atoms with Crippen molar-refractivity contribution in [1.29, 1.82) is 0 Å². The number of fused-ring (bicyclic) bond motifs is 1. The quantitative estimate of drug-likeness (QED) is 0.493. The summed E-state index contributed by atoms with van der Waals surface area (Å²) in [5.74, 6) is 0.444. The van der Waals surface area contributed by atoms with Crippen molar-refractivity contribution >= 4 is 17.8 Å². The van der Waals surface area contributed by atoms with E-state index in [4.69, 9.17) is 9.47 Å². The first-order valence-corrected chi connectivity index (χ1v) is 11.4. The van der Waals surface area contributed by atoms with Gasteiger partial charge in [-0.1, -0.05) is 66.7 Å². The molecule has 0 unspecified atom stereocenters. The molecule has 1 fully saturated rings. The molecule has 5 rings (SSSR count). The lowest BCUT2D eigenvalue weighted by Crippen LogP contribution is -2.51. The van der Waals surface area contributed by atoms with Crippen molar-refractivity contribution in [2.24, 2.45) is 0 Å². The van der Waals surface area contributed by atoms with Crippen LogP contribution >= 0.6 is 0 Å². The highest BCUT2D eigenvalue weighted by atomic mass is 16.7. The zero-order valence-electron chi connectivity index (χ0n) is 19.0. The van der Waals surface area contributed by atoms with E-state index in [9.17, 15) is 14.4 Å². The highest BCUT2D eigenvalue weighted by Gasteiger charge is 2.51. The Morgan fingerprint density at radius 2 is 1.49 bits per heavy atom. The molecule has 2 aliphatic rings. The molecule has 8 nitrogen and oxygen atoms in total. The van der Waals surface area contributed by atoms with Crippen molar-refractivity contribution in [2.75, 3.05) is 13.3 Å². The van der Waals surface area contributed by atoms with Crippen LogP contribution in [0, 0.1) is 0 Å². The summed E-state index contributed by atoms with van der Waals surface area (Å²) in [6, 6.07) is 23.9. The Bertz CT molecular complexity index is 1200. The van der Waals surface area contributed by atoms with Crippen LogP contribution in [0.3, 0.4) is 0 Å². The molecule has 3 aromatic carbocycles. The molecule has 2 aliphatic heterocycles. The second-order valence-electron chi connectivity index (χ2n) is 8.69. The topological polar surface area (TPSA) is 97.0 Å². The Labute approximate surface area is 202 Å². The molecule has 178 valence electrons. The van der Waals surface area contributed by atoms with Gasteiger partial charge < -0.3 is 20.1 Å². The van der Waals surface area contributed by atoms with Gasteiger partial charge in [0.2, 0.25) is 12.7 Å². The highest BCUT2D eigenvalue weighted by molar-refractivity contribution is 6.09. The molecule has 0 aromatic heterocycles. The van der Waals surface area contributed by atoms with Crippen LogP contribution in [0.5, 0.6) is 11.5 Å². The van der Waals surface area contributed by atoms with Crippen molar-refractivity contribution in [3.8, 4) is 11.5 Å². The van der Waals surface area contributed by atoms with Gasteiger partial charge >= 0.3 is 6.03 Å². The molecule has 35 heavy (non-hydrogen) atoms. The molecule has 0 aliphatic carbocycles. The van der Waals surface area contributed by atoms with Gasteiger partial charge in [-0.2, -0.15) is 0 Å². The summed E-state index contributed by atoms with van der Waals surface area (Å²) < 4.78 is 10.7. The van der Waals surface area contributed by atoms with E-state index >= 15 is 0 Å². The van der Waals surface area contributed by atoms with Crippen LogP contribution in [0.25, 0.3) is 0 Å². The first kappa shape index (κ1) is 22.5. The Balaban J connectivity index is 1.29. The number of hydrogen-bond acceptors (Lipinski definition) is 5. The summed E-state index contributed by atoms with van der Waals surface area (Å²) >= 11 is 0. The lowest BCUT2D eigenvalue weighted by atomic mass is 9.84. The molecule has 4 amide bonds. The number of nitrogens with zero attached hydrogens (tertiary/aromatic N) is 1. The van der Waals surface area contributed by atoms with E-state index in [0.29, 0.717) is 24.3 Å². The standard InChI is InChI=1S/C27H25N3O5/c31-24(28-16-21-11-12-22-23(13-21)35-18-34-22)17-30-25(32)27(29-26(30)33,14-19-7-3-1-4-8-19)15-20-9-5-2-6-10-20/h1-13H,14-18H2,(H,28,31)(H,29,33). The van der Waals surface area contributed by atoms with Crippen LogP contribution in [0.1, 0.15) is 16.7 Å². The second kappa shape index (κ2) is 9.50. The van der Waals surface area contributed by atoms with Crippen LogP contribution in [0.15, 0.2) is 78.9 Å². The molecular weight excluding hydrogens is 446 g/mol. The zero-order chi connectivity index (χ0) is 24.3. The molecule has 0 radical (unpaired) electrons. The number of amides is 4. The maximum atomic E-state index is 13.6. The van der Waals surface area contributed by atoms with Gasteiger partial charge in [0.15, 0.2) is 11.5 Å². The number of carbonyl (C=O) groups is 3. The molecule has 1 saturated heterocycles. The minimum atomic E-state index is -1.17. The van der Waals surface area contributed by atoms with Crippen LogP contribution in [-0.2, 0) is 29.0 Å². The van der Waals surface area contributed by atoms with E-state index in [1.165, 1.54) is 0 Å². The first-order chi connectivity index (χ1) is 17.0. The molecule has 0 atom stereocenters. The third-order valence-corrected chi connectivity index (χ3v) is 6.17. The Morgan fingerprint density at radius 1 is 0.857 bits per heavy atom. The predicted molar refractivity (Wildman–Crippen MR) is 128 cm³/mol. The zero-order valence-corrected chi connectivity index (χ0v) is 19.0. The van der Waals surface area contributed by atoms with Gasteiger partial charge in [0.25, 0.3) is 5.91 Å². The molecule has 2 N–H and O–H groups in total. The lowest BCUT2D eigenvalue weighted by molar-refractivity contribution is -0.135. The average Bonchev–Trinajstić information content (AvgIpc) is 3.42. The highest BCUT2D eigenvalue weighted by Crippen LogP contribution is 2.32. The van der Waals surface area contributed by atoms with E-state index in [1.54, 1.807) is 12.1 Å². The van der Waals surface area contributed by atoms with Crippen molar-refractivity contribution in [3.63, 3.8) is 0 Å². The summed E-state index contributed by atoms with van der Waals surface area (Å²) in [6.45, 7) is 0.0455. The summed E-state index contributed by atoms with van der Waals surface area (Å²) in [6.07, 6.45) is 0.644. The van der Waals surface area contributed by atoms with Crippen LogP contribution in [0.2, 0.25) is 0 Å². The number of hydrogen-bond donors (Lipinski definition) is 2. The molecule has 0 bridgehead atoms. The number of benzene rings is 3. The fourth-order valence-electron chi connectivity index (χ4n) is 4.46. The van der Waals surface area contributed by atoms with Crippen LogP contribution in [-0.4, -0.2) is 41.6 Å². The van der Waals surface area contributed by atoms with Gasteiger partial charge in [-0.15, -0.1) is 0 Å². The third-order valence-electron chi connectivity index (χ3n) is 6.17. The summed E-state index contributed by atoms with van der Waals surface area (Å²) in [4.78, 5) is 40.2. The van der Waals surface area contributed by atoms with Gasteiger partial charge in [0, 0.05) is 19.4 Å². The van der Waals surface area contributed by atoms with Gasteiger partial charge in [0.05, 0.1) is 0 Å². The molecule has 0 spiro atoms. The number of nitrogens with one attached hydrogen (secondary N) is 2. The van der Waals surface area contributed by atoms with Gasteiger partial charge in [-0.05, 0) is 28.8 Å². The number of urea groups is 1. The minimum absolute atomic E-state index is 0.172. The summed E-state index contributed by atoms with van der Waals surface area (Å²) in [5, 5.41) is 5.67. The van der Waals surface area contributed by atoms with E-state index in [0.717, 1.165) is 21.6 Å². The second-order valence-corrected chi connectivity index (χ2v) is 8.69. The monoisotopic (exact) mass is 471 g/mol. The third kappa shape index (κ3) is 4.82. The van der Waals surface area contributed by atoms with Gasteiger partial charge in [-0.3, -0.25) is 14.5 Å². The van der Waals surface area contributed by atoms with Crippen molar-refractivity contribution in [1.82, 2.24) is 15.5 Å². The average molecular weight is 472 g/mol. The molecule has 3 aromatic rings. The van der Waals surface area contributed by atoms with E-state index in [2.05, 4.69) is 10.6 Å². The number of ether oxygens (including phenoxy) is 2. The van der Waals surface area contributed by atoms with Crippen molar-refractivity contribution in [2.45, 2.75) is 24.9 Å². The maximum absolute atomic E-state index is 13.6. The number of rotatable bonds is 8. The van der Waals surface area contributed by atoms with Crippen LogP contribution in [0.4, 0.5) is 4.79 Å². The van der Waals surface area contributed by atoms with Gasteiger partial charge in [0.1, 0.15) is 12.1 Å². The Morgan fingerprint density at radius 3 is 2.14 bits per heavy atom. The Kier molecular flexibility index (Phi) is 6.10. The van der Waals surface area contributed by atoms with E-state index < -0.39 is 23.4 Å². The van der Waals surface area contributed by atoms with Crippen LogP contribution < -0.4 is 20.1 Å². The molecule has 8 heteroatoms. The normalized spacial score (nSPS) is 15.7. The molecular formula is C27H25N3O5. The van der Waals surface area contributed by atoms with E-state index in [-0.39, 0.29) is 19.9 Å². The molecule has 0 saturated carbocycles. The summed E-state index contributed by atoms with van der Waals surface area (Å²) in [7, 11) is 0. The Hall–Kier alpha value is -4.33. The SMILES string of the molecule is O=C(CN1C(=O)NC(Cc2ccccc2)(Cc2ccccc2)C1=O)NCc1ccc2c(c1)OCO2. The smallest absolute Gasteiger partial charge is 0.325 e. The fraction of sp³-hybridized carbons (Fsp3) is 0.222. The first-order valence-electron chi connectivity index (χ1n) is 11.4. The van der Waals surface area contributed by atoms with Crippen molar-refractivity contribution in [3.05, 3.63) is 95.6 Å².